The van der Waals surface area contributed by atoms with Crippen LogP contribution >= 0.6 is 0 Å². The SMILES string of the molecule is CN1CCOC(C(O)c2ccccc2)C1=O. The van der Waals surface area contributed by atoms with E-state index in [4.69, 9.17) is 4.74 Å². The molecular weight excluding hydrogens is 206 g/mol. The Bertz CT molecular complexity index is 366. The highest BCUT2D eigenvalue weighted by molar-refractivity contribution is 5.82. The van der Waals surface area contributed by atoms with Gasteiger partial charge in [-0.25, -0.2) is 0 Å². The van der Waals surface area contributed by atoms with E-state index in [2.05, 4.69) is 0 Å². The fourth-order valence-electron chi connectivity index (χ4n) is 1.77. The molecule has 1 heterocycles. The number of nitrogens with zero attached hydrogens (tertiary/aromatic N) is 1. The average Bonchev–Trinajstić information content (AvgIpc) is 2.33. The molecule has 1 N–H and O–H groups in total. The van der Waals surface area contributed by atoms with Gasteiger partial charge >= 0.3 is 0 Å². The Hall–Kier alpha value is -1.39. The van der Waals surface area contributed by atoms with Crippen LogP contribution in [0.15, 0.2) is 30.3 Å². The molecule has 1 saturated heterocycles. The summed E-state index contributed by atoms with van der Waals surface area (Å²) in [5.74, 6) is -0.164. The van der Waals surface area contributed by atoms with E-state index in [1.54, 1.807) is 24.1 Å². The molecule has 4 nitrogen and oxygen atoms in total. The summed E-state index contributed by atoms with van der Waals surface area (Å²) in [5.41, 5.74) is 0.705. The number of carbonyl (C=O) groups excluding carboxylic acids is 1. The molecule has 2 rings (SSSR count). The summed E-state index contributed by atoms with van der Waals surface area (Å²) in [5, 5.41) is 10.1. The smallest absolute Gasteiger partial charge is 0.254 e. The lowest BCUT2D eigenvalue weighted by Crippen LogP contribution is -2.48. The van der Waals surface area contributed by atoms with E-state index in [-0.39, 0.29) is 5.91 Å². The van der Waals surface area contributed by atoms with Crippen LogP contribution in [0.1, 0.15) is 11.7 Å². The molecule has 0 bridgehead atoms. The Labute approximate surface area is 94.4 Å². The first kappa shape index (κ1) is 11.1. The zero-order valence-corrected chi connectivity index (χ0v) is 9.17. The van der Waals surface area contributed by atoms with Crippen molar-refractivity contribution in [3.63, 3.8) is 0 Å². The lowest BCUT2D eigenvalue weighted by atomic mass is 10.0. The van der Waals surface area contributed by atoms with Gasteiger partial charge in [-0.1, -0.05) is 30.3 Å². The molecule has 86 valence electrons. The van der Waals surface area contributed by atoms with Gasteiger partial charge in [-0.15, -0.1) is 0 Å². The number of carbonyl (C=O) groups is 1. The lowest BCUT2D eigenvalue weighted by Gasteiger charge is -2.32. The summed E-state index contributed by atoms with van der Waals surface area (Å²) >= 11 is 0. The molecule has 0 saturated carbocycles. The molecule has 0 spiro atoms. The van der Waals surface area contributed by atoms with Crippen LogP contribution in [0.4, 0.5) is 0 Å². The van der Waals surface area contributed by atoms with Crippen LogP contribution < -0.4 is 0 Å². The minimum absolute atomic E-state index is 0.164. The number of amides is 1. The number of hydrogen-bond acceptors (Lipinski definition) is 3. The maximum absolute atomic E-state index is 11.8. The van der Waals surface area contributed by atoms with E-state index in [1.807, 2.05) is 18.2 Å². The molecule has 2 unspecified atom stereocenters. The lowest BCUT2D eigenvalue weighted by molar-refractivity contribution is -0.161. The van der Waals surface area contributed by atoms with Crippen molar-refractivity contribution in [1.29, 1.82) is 0 Å². The van der Waals surface area contributed by atoms with Crippen LogP contribution in [-0.4, -0.2) is 42.2 Å². The predicted octanol–water partition coefficient (Wildman–Crippen LogP) is 0.577. The van der Waals surface area contributed by atoms with E-state index >= 15 is 0 Å². The van der Waals surface area contributed by atoms with E-state index in [1.165, 1.54) is 0 Å². The van der Waals surface area contributed by atoms with E-state index in [9.17, 15) is 9.90 Å². The normalized spacial score (nSPS) is 23.2. The standard InChI is InChI=1S/C12H15NO3/c1-13-7-8-16-11(12(13)15)10(14)9-5-3-2-4-6-9/h2-6,10-11,14H,7-8H2,1H3. The molecule has 1 aliphatic heterocycles. The maximum Gasteiger partial charge on any atom is 0.254 e. The van der Waals surface area contributed by atoms with Gasteiger partial charge in [0.1, 0.15) is 6.10 Å². The first-order chi connectivity index (χ1) is 7.70. The Morgan fingerprint density at radius 2 is 2.12 bits per heavy atom. The van der Waals surface area contributed by atoms with Gasteiger partial charge < -0.3 is 14.7 Å². The van der Waals surface area contributed by atoms with Gasteiger partial charge in [0.2, 0.25) is 0 Å². The van der Waals surface area contributed by atoms with Gasteiger partial charge in [0.05, 0.1) is 6.61 Å². The fraction of sp³-hybridized carbons (Fsp3) is 0.417. The van der Waals surface area contributed by atoms with Crippen molar-refractivity contribution in [1.82, 2.24) is 4.90 Å². The number of benzene rings is 1. The van der Waals surface area contributed by atoms with E-state index < -0.39 is 12.2 Å². The van der Waals surface area contributed by atoms with Gasteiger partial charge in [-0.05, 0) is 5.56 Å². The number of aliphatic hydroxyl groups is 1. The maximum atomic E-state index is 11.8. The van der Waals surface area contributed by atoms with Crippen molar-refractivity contribution in [2.45, 2.75) is 12.2 Å². The average molecular weight is 221 g/mol. The molecular formula is C12H15NO3. The topological polar surface area (TPSA) is 49.8 Å². The third-order valence-electron chi connectivity index (χ3n) is 2.77. The van der Waals surface area contributed by atoms with Crippen LogP contribution in [-0.2, 0) is 9.53 Å². The molecule has 16 heavy (non-hydrogen) atoms. The van der Waals surface area contributed by atoms with Crippen LogP contribution in [0.5, 0.6) is 0 Å². The van der Waals surface area contributed by atoms with Crippen molar-refractivity contribution >= 4 is 5.91 Å². The summed E-state index contributed by atoms with van der Waals surface area (Å²) in [7, 11) is 1.72. The van der Waals surface area contributed by atoms with Gasteiger partial charge in [-0.2, -0.15) is 0 Å². The third kappa shape index (κ3) is 2.08. The van der Waals surface area contributed by atoms with Crippen LogP contribution in [0.25, 0.3) is 0 Å². The quantitative estimate of drug-likeness (QED) is 0.794. The Balaban J connectivity index is 2.15. The molecule has 1 aromatic rings. The van der Waals surface area contributed by atoms with Crippen molar-refractivity contribution in [3.05, 3.63) is 35.9 Å². The monoisotopic (exact) mass is 221 g/mol. The molecule has 1 aliphatic rings. The molecule has 4 heteroatoms. The predicted molar refractivity (Wildman–Crippen MR) is 58.8 cm³/mol. The largest absolute Gasteiger partial charge is 0.385 e. The minimum Gasteiger partial charge on any atom is -0.385 e. The Kier molecular flexibility index (Phi) is 3.22. The van der Waals surface area contributed by atoms with E-state index in [0.717, 1.165) is 0 Å². The summed E-state index contributed by atoms with van der Waals surface area (Å²) in [4.78, 5) is 13.4. The first-order valence-electron chi connectivity index (χ1n) is 5.30. The second-order valence-corrected chi connectivity index (χ2v) is 3.91. The molecule has 1 amide bonds. The molecule has 1 fully saturated rings. The van der Waals surface area contributed by atoms with Crippen molar-refractivity contribution < 1.29 is 14.6 Å². The minimum atomic E-state index is -0.892. The van der Waals surface area contributed by atoms with Gasteiger partial charge in [0, 0.05) is 13.6 Å². The Morgan fingerprint density at radius 1 is 1.44 bits per heavy atom. The molecule has 2 atom stereocenters. The number of aliphatic hydroxyl groups excluding tert-OH is 1. The number of hydrogen-bond donors (Lipinski definition) is 1. The molecule has 1 aromatic carbocycles. The number of rotatable bonds is 2. The molecule has 0 aromatic heterocycles. The van der Waals surface area contributed by atoms with Crippen molar-refractivity contribution in [2.24, 2.45) is 0 Å². The Morgan fingerprint density at radius 3 is 2.81 bits per heavy atom. The zero-order chi connectivity index (χ0) is 11.5. The highest BCUT2D eigenvalue weighted by Gasteiger charge is 2.34. The third-order valence-corrected chi connectivity index (χ3v) is 2.77. The molecule has 0 aliphatic carbocycles. The summed E-state index contributed by atoms with van der Waals surface area (Å²) < 4.78 is 5.34. The van der Waals surface area contributed by atoms with Gasteiger partial charge in [0.15, 0.2) is 6.10 Å². The highest BCUT2D eigenvalue weighted by atomic mass is 16.5. The second-order valence-electron chi connectivity index (χ2n) is 3.91. The van der Waals surface area contributed by atoms with Crippen LogP contribution in [0.3, 0.4) is 0 Å². The summed E-state index contributed by atoms with van der Waals surface area (Å²) in [6, 6.07) is 9.10. The van der Waals surface area contributed by atoms with Crippen molar-refractivity contribution in [3.8, 4) is 0 Å². The summed E-state index contributed by atoms with van der Waals surface area (Å²) in [6.07, 6.45) is -1.67. The number of morpholine rings is 1. The van der Waals surface area contributed by atoms with Gasteiger partial charge in [-0.3, -0.25) is 4.79 Å². The van der Waals surface area contributed by atoms with E-state index in [0.29, 0.717) is 18.7 Å². The van der Waals surface area contributed by atoms with Crippen LogP contribution in [0.2, 0.25) is 0 Å². The first-order valence-corrected chi connectivity index (χ1v) is 5.30. The fourth-order valence-corrected chi connectivity index (χ4v) is 1.77. The zero-order valence-electron chi connectivity index (χ0n) is 9.17. The second kappa shape index (κ2) is 4.63. The van der Waals surface area contributed by atoms with Crippen LogP contribution in [0, 0.1) is 0 Å². The highest BCUT2D eigenvalue weighted by Crippen LogP contribution is 2.22. The van der Waals surface area contributed by atoms with Gasteiger partial charge in [0.25, 0.3) is 5.91 Å². The summed E-state index contributed by atoms with van der Waals surface area (Å²) in [6.45, 7) is 1.05. The van der Waals surface area contributed by atoms with Crippen molar-refractivity contribution in [2.75, 3.05) is 20.2 Å². The molecule has 0 radical (unpaired) electrons. The number of ether oxygens (including phenoxy) is 1. The number of likely N-dealkylation sites (N-methyl/N-ethyl adjacent to an activating group) is 1.